The zero-order valence-corrected chi connectivity index (χ0v) is 11.4. The van der Waals surface area contributed by atoms with Gasteiger partial charge in [0.05, 0.1) is 30.1 Å². The largest absolute Gasteiger partial charge is 0.345 e. The van der Waals surface area contributed by atoms with Crippen LogP contribution in [0.2, 0.25) is 0 Å². The van der Waals surface area contributed by atoms with Crippen LogP contribution in [0.25, 0.3) is 11.3 Å². The van der Waals surface area contributed by atoms with E-state index in [4.69, 9.17) is 0 Å². The number of hydrogen-bond acceptors (Lipinski definition) is 4. The summed E-state index contributed by atoms with van der Waals surface area (Å²) in [5, 5.41) is 2.80. The Bertz CT molecular complexity index is 750. The number of aromatic nitrogens is 4. The Morgan fingerprint density at radius 1 is 1.19 bits per heavy atom. The van der Waals surface area contributed by atoms with Crippen molar-refractivity contribution in [2.45, 2.75) is 6.92 Å². The van der Waals surface area contributed by atoms with Gasteiger partial charge in [0.25, 0.3) is 5.91 Å². The number of rotatable bonds is 3. The van der Waals surface area contributed by atoms with Crippen LogP contribution in [0.1, 0.15) is 16.2 Å². The number of nitrogens with zero attached hydrogens (tertiary/aromatic N) is 3. The molecule has 0 fully saturated rings. The van der Waals surface area contributed by atoms with Gasteiger partial charge in [0.15, 0.2) is 0 Å². The van der Waals surface area contributed by atoms with Crippen molar-refractivity contribution in [2.24, 2.45) is 0 Å². The maximum atomic E-state index is 12.1. The molecular weight excluding hydrogens is 266 g/mol. The average Bonchev–Trinajstić information content (AvgIpc) is 3.02. The molecule has 3 aromatic rings. The van der Waals surface area contributed by atoms with Crippen molar-refractivity contribution in [3.63, 3.8) is 0 Å². The lowest BCUT2D eigenvalue weighted by Gasteiger charge is -2.06. The molecule has 0 spiro atoms. The van der Waals surface area contributed by atoms with E-state index >= 15 is 0 Å². The molecule has 6 nitrogen and oxygen atoms in total. The van der Waals surface area contributed by atoms with E-state index in [2.05, 4.69) is 25.3 Å². The van der Waals surface area contributed by atoms with E-state index < -0.39 is 0 Å². The SMILES string of the molecule is Cc1cnc(C(=O)Nc2cccc(-c3cnc[nH]3)c2)cn1. The molecule has 0 saturated heterocycles. The maximum Gasteiger partial charge on any atom is 0.275 e. The summed E-state index contributed by atoms with van der Waals surface area (Å²) in [6.07, 6.45) is 6.37. The topological polar surface area (TPSA) is 83.6 Å². The number of amides is 1. The number of carbonyl (C=O) groups excluding carboxylic acids is 1. The summed E-state index contributed by atoms with van der Waals surface area (Å²) < 4.78 is 0. The van der Waals surface area contributed by atoms with E-state index in [0.29, 0.717) is 5.69 Å². The highest BCUT2D eigenvalue weighted by Crippen LogP contribution is 2.20. The summed E-state index contributed by atoms with van der Waals surface area (Å²) in [5.74, 6) is -0.288. The predicted molar refractivity (Wildman–Crippen MR) is 78.7 cm³/mol. The first-order chi connectivity index (χ1) is 10.2. The van der Waals surface area contributed by atoms with E-state index in [1.807, 2.05) is 31.2 Å². The first kappa shape index (κ1) is 13.0. The number of nitrogens with one attached hydrogen (secondary N) is 2. The molecule has 104 valence electrons. The fourth-order valence-electron chi connectivity index (χ4n) is 1.88. The first-order valence-corrected chi connectivity index (χ1v) is 6.41. The normalized spacial score (nSPS) is 10.3. The van der Waals surface area contributed by atoms with Gasteiger partial charge < -0.3 is 10.3 Å². The van der Waals surface area contributed by atoms with Crippen LogP contribution in [-0.2, 0) is 0 Å². The fraction of sp³-hybridized carbons (Fsp3) is 0.0667. The fourth-order valence-corrected chi connectivity index (χ4v) is 1.88. The zero-order valence-electron chi connectivity index (χ0n) is 11.4. The number of carbonyl (C=O) groups is 1. The molecule has 0 aliphatic rings. The molecule has 0 saturated carbocycles. The molecule has 2 heterocycles. The van der Waals surface area contributed by atoms with Gasteiger partial charge in [0, 0.05) is 17.4 Å². The monoisotopic (exact) mass is 279 g/mol. The van der Waals surface area contributed by atoms with Crippen molar-refractivity contribution >= 4 is 11.6 Å². The van der Waals surface area contributed by atoms with Gasteiger partial charge in [-0.1, -0.05) is 12.1 Å². The van der Waals surface area contributed by atoms with Gasteiger partial charge in [-0.3, -0.25) is 9.78 Å². The molecule has 3 rings (SSSR count). The second-order valence-corrected chi connectivity index (χ2v) is 4.54. The number of H-pyrrole nitrogens is 1. The number of hydrogen-bond donors (Lipinski definition) is 2. The van der Waals surface area contributed by atoms with E-state index in [-0.39, 0.29) is 11.6 Å². The molecule has 2 N–H and O–H groups in total. The highest BCUT2D eigenvalue weighted by molar-refractivity contribution is 6.02. The van der Waals surface area contributed by atoms with Crippen molar-refractivity contribution in [1.82, 2.24) is 19.9 Å². The van der Waals surface area contributed by atoms with Crippen LogP contribution in [0.4, 0.5) is 5.69 Å². The Balaban J connectivity index is 1.80. The number of aryl methyl sites for hydroxylation is 1. The minimum atomic E-state index is -0.288. The Morgan fingerprint density at radius 2 is 2.10 bits per heavy atom. The van der Waals surface area contributed by atoms with Gasteiger partial charge in [0.1, 0.15) is 5.69 Å². The van der Waals surface area contributed by atoms with Gasteiger partial charge in [-0.25, -0.2) is 9.97 Å². The van der Waals surface area contributed by atoms with Crippen LogP contribution < -0.4 is 5.32 Å². The Kier molecular flexibility index (Phi) is 3.42. The van der Waals surface area contributed by atoms with Crippen molar-refractivity contribution in [3.8, 4) is 11.3 Å². The summed E-state index contributed by atoms with van der Waals surface area (Å²) in [6, 6.07) is 7.49. The average molecular weight is 279 g/mol. The second-order valence-electron chi connectivity index (χ2n) is 4.54. The lowest BCUT2D eigenvalue weighted by atomic mass is 10.1. The van der Waals surface area contributed by atoms with Crippen LogP contribution >= 0.6 is 0 Å². The van der Waals surface area contributed by atoms with E-state index in [1.54, 1.807) is 18.7 Å². The van der Waals surface area contributed by atoms with Crippen molar-refractivity contribution in [2.75, 3.05) is 5.32 Å². The van der Waals surface area contributed by atoms with E-state index in [0.717, 1.165) is 17.0 Å². The quantitative estimate of drug-likeness (QED) is 0.771. The minimum absolute atomic E-state index is 0.285. The molecule has 21 heavy (non-hydrogen) atoms. The summed E-state index contributed by atoms with van der Waals surface area (Å²) in [4.78, 5) is 27.2. The van der Waals surface area contributed by atoms with Gasteiger partial charge in [-0.15, -0.1) is 0 Å². The maximum absolute atomic E-state index is 12.1. The lowest BCUT2D eigenvalue weighted by molar-refractivity contribution is 0.102. The molecule has 0 bridgehead atoms. The smallest absolute Gasteiger partial charge is 0.275 e. The van der Waals surface area contributed by atoms with Gasteiger partial charge in [-0.2, -0.15) is 0 Å². The Hall–Kier alpha value is -3.02. The van der Waals surface area contributed by atoms with Crippen LogP contribution in [-0.4, -0.2) is 25.8 Å². The third-order valence-corrected chi connectivity index (χ3v) is 2.94. The first-order valence-electron chi connectivity index (χ1n) is 6.41. The van der Waals surface area contributed by atoms with Crippen LogP contribution in [0.3, 0.4) is 0 Å². The van der Waals surface area contributed by atoms with Gasteiger partial charge in [0.2, 0.25) is 0 Å². The highest BCUT2D eigenvalue weighted by Gasteiger charge is 2.08. The van der Waals surface area contributed by atoms with Crippen LogP contribution in [0, 0.1) is 6.92 Å². The third-order valence-electron chi connectivity index (χ3n) is 2.94. The molecule has 6 heteroatoms. The highest BCUT2D eigenvalue weighted by atomic mass is 16.1. The minimum Gasteiger partial charge on any atom is -0.345 e. The number of aromatic amines is 1. The van der Waals surface area contributed by atoms with Crippen molar-refractivity contribution in [3.05, 3.63) is 60.6 Å². The van der Waals surface area contributed by atoms with Gasteiger partial charge in [-0.05, 0) is 19.1 Å². The summed E-state index contributed by atoms with van der Waals surface area (Å²) in [5.41, 5.74) is 3.58. The zero-order chi connectivity index (χ0) is 14.7. The van der Waals surface area contributed by atoms with Crippen molar-refractivity contribution in [1.29, 1.82) is 0 Å². The van der Waals surface area contributed by atoms with Crippen LogP contribution in [0.15, 0.2) is 49.2 Å². The molecular formula is C15H13N5O. The van der Waals surface area contributed by atoms with E-state index in [9.17, 15) is 4.79 Å². The Morgan fingerprint density at radius 3 is 2.81 bits per heavy atom. The van der Waals surface area contributed by atoms with E-state index in [1.165, 1.54) is 6.20 Å². The van der Waals surface area contributed by atoms with Crippen molar-refractivity contribution < 1.29 is 4.79 Å². The molecule has 0 aliphatic carbocycles. The standard InChI is InChI=1S/C15H13N5O/c1-10-6-18-14(8-17-10)15(21)20-12-4-2-3-11(5-12)13-7-16-9-19-13/h2-9H,1H3,(H,16,19)(H,20,21). The molecule has 0 atom stereocenters. The molecule has 0 aliphatic heterocycles. The summed E-state index contributed by atoms with van der Waals surface area (Å²) in [7, 11) is 0. The number of benzene rings is 1. The molecule has 1 amide bonds. The molecule has 0 radical (unpaired) electrons. The molecule has 1 aromatic carbocycles. The number of imidazole rings is 1. The predicted octanol–water partition coefficient (Wildman–Crippen LogP) is 2.43. The van der Waals surface area contributed by atoms with Crippen LogP contribution in [0.5, 0.6) is 0 Å². The lowest BCUT2D eigenvalue weighted by Crippen LogP contribution is -2.14. The summed E-state index contributed by atoms with van der Waals surface area (Å²) in [6.45, 7) is 1.82. The summed E-state index contributed by atoms with van der Waals surface area (Å²) >= 11 is 0. The molecule has 0 unspecified atom stereocenters. The second kappa shape index (κ2) is 5.54. The number of anilines is 1. The Labute approximate surface area is 121 Å². The third kappa shape index (κ3) is 2.94. The van der Waals surface area contributed by atoms with Gasteiger partial charge >= 0.3 is 0 Å². The molecule has 2 aromatic heterocycles.